The Bertz CT molecular complexity index is 1160. The van der Waals surface area contributed by atoms with Crippen LogP contribution >= 0.6 is 0 Å². The van der Waals surface area contributed by atoms with Crippen LogP contribution in [0.25, 0.3) is 16.9 Å². The molecule has 0 N–H and O–H groups in total. The maximum Gasteiger partial charge on any atom is 0.187 e. The highest BCUT2D eigenvalue weighted by atomic mass is 19.1. The second kappa shape index (κ2) is 6.76. The van der Waals surface area contributed by atoms with Gasteiger partial charge in [0.25, 0.3) is 0 Å². The fourth-order valence-corrected chi connectivity index (χ4v) is 3.07. The van der Waals surface area contributed by atoms with E-state index in [1.807, 2.05) is 29.7 Å². The van der Waals surface area contributed by atoms with E-state index in [9.17, 15) is 4.39 Å². The lowest BCUT2D eigenvalue weighted by Crippen LogP contribution is -1.86. The molecule has 0 aliphatic rings. The summed E-state index contributed by atoms with van der Waals surface area (Å²) in [7, 11) is 0. The molecule has 5 heteroatoms. The van der Waals surface area contributed by atoms with E-state index >= 15 is 0 Å². The van der Waals surface area contributed by atoms with Crippen LogP contribution in [0, 0.1) is 26.6 Å². The molecule has 0 aliphatic heterocycles. The first-order valence-corrected chi connectivity index (χ1v) is 8.75. The first-order chi connectivity index (χ1) is 13.0. The summed E-state index contributed by atoms with van der Waals surface area (Å²) < 4.78 is 15.1. The smallest absolute Gasteiger partial charge is 0.187 e. The average Bonchev–Trinajstić information content (AvgIpc) is 3.03. The van der Waals surface area contributed by atoms with Gasteiger partial charge in [-0.05, 0) is 68.3 Å². The maximum absolute atomic E-state index is 13.1. The molecule has 0 saturated carbocycles. The highest BCUT2D eigenvalue weighted by Crippen LogP contribution is 2.35. The van der Waals surface area contributed by atoms with Gasteiger partial charge in [0, 0.05) is 11.8 Å². The number of imidazole rings is 1. The molecule has 0 bridgehead atoms. The molecule has 0 saturated heterocycles. The first kappa shape index (κ1) is 17.1. The van der Waals surface area contributed by atoms with Crippen LogP contribution in [0.5, 0.6) is 0 Å². The topological polar surface area (TPSA) is 42.0 Å². The number of pyridine rings is 1. The summed E-state index contributed by atoms with van der Waals surface area (Å²) in [6.07, 6.45) is 1.93. The highest BCUT2D eigenvalue weighted by molar-refractivity contribution is 5.77. The average molecular weight is 358 g/mol. The van der Waals surface area contributed by atoms with Crippen LogP contribution < -0.4 is 0 Å². The molecule has 27 heavy (non-hydrogen) atoms. The molecule has 4 aromatic rings. The van der Waals surface area contributed by atoms with Crippen LogP contribution in [-0.4, -0.2) is 9.38 Å². The van der Waals surface area contributed by atoms with Crippen molar-refractivity contribution in [2.24, 2.45) is 10.2 Å². The molecule has 4 rings (SSSR count). The Morgan fingerprint density at radius 1 is 0.889 bits per heavy atom. The second-order valence-corrected chi connectivity index (χ2v) is 6.66. The minimum atomic E-state index is -0.296. The van der Waals surface area contributed by atoms with Crippen molar-refractivity contribution in [2.45, 2.75) is 20.8 Å². The van der Waals surface area contributed by atoms with Crippen LogP contribution in [0.3, 0.4) is 0 Å². The zero-order valence-electron chi connectivity index (χ0n) is 15.4. The molecular formula is C22H19FN4. The van der Waals surface area contributed by atoms with Crippen molar-refractivity contribution >= 4 is 17.2 Å². The minimum absolute atomic E-state index is 0.296. The van der Waals surface area contributed by atoms with Gasteiger partial charge in [0.05, 0.1) is 5.69 Å². The number of fused-ring (bicyclic) bond motifs is 1. The van der Waals surface area contributed by atoms with Crippen LogP contribution in [0.4, 0.5) is 15.9 Å². The summed E-state index contributed by atoms with van der Waals surface area (Å²) >= 11 is 0. The lowest BCUT2D eigenvalue weighted by Gasteiger charge is -2.05. The van der Waals surface area contributed by atoms with Crippen molar-refractivity contribution in [1.29, 1.82) is 0 Å². The molecule has 0 unspecified atom stereocenters. The third-order valence-corrected chi connectivity index (χ3v) is 4.55. The Hall–Kier alpha value is -3.34. The third-order valence-electron chi connectivity index (χ3n) is 4.55. The van der Waals surface area contributed by atoms with E-state index in [0.717, 1.165) is 33.6 Å². The number of nitrogens with zero attached hydrogens (tertiary/aromatic N) is 4. The molecule has 0 fully saturated rings. The van der Waals surface area contributed by atoms with E-state index in [2.05, 4.69) is 42.3 Å². The van der Waals surface area contributed by atoms with Crippen molar-refractivity contribution in [2.75, 3.05) is 0 Å². The Balaban J connectivity index is 1.93. The summed E-state index contributed by atoms with van der Waals surface area (Å²) in [5.74, 6) is 0.363. The molecule has 2 aromatic carbocycles. The number of hydrogen-bond acceptors (Lipinski definition) is 3. The van der Waals surface area contributed by atoms with Gasteiger partial charge in [0.15, 0.2) is 5.82 Å². The summed E-state index contributed by atoms with van der Waals surface area (Å²) in [5.41, 5.74) is 6.60. The van der Waals surface area contributed by atoms with Gasteiger partial charge in [0.2, 0.25) is 0 Å². The SMILES string of the molecule is Cc1ccc(C)c(-c2nc3c(C)cccn3c2N=Nc2ccc(F)cc2)c1. The zero-order chi connectivity index (χ0) is 19.0. The third kappa shape index (κ3) is 3.24. The molecule has 0 spiro atoms. The molecule has 2 heterocycles. The molecular weight excluding hydrogens is 339 g/mol. The molecule has 0 amide bonds. The molecule has 0 radical (unpaired) electrons. The van der Waals surface area contributed by atoms with E-state index in [1.165, 1.54) is 12.1 Å². The number of halogens is 1. The van der Waals surface area contributed by atoms with Gasteiger partial charge in [-0.1, -0.05) is 23.8 Å². The molecule has 4 nitrogen and oxygen atoms in total. The molecule has 134 valence electrons. The predicted octanol–water partition coefficient (Wildman–Crippen LogP) is 6.48. The van der Waals surface area contributed by atoms with Crippen LogP contribution in [-0.2, 0) is 0 Å². The second-order valence-electron chi connectivity index (χ2n) is 6.66. The first-order valence-electron chi connectivity index (χ1n) is 8.75. The van der Waals surface area contributed by atoms with Crippen LogP contribution in [0.1, 0.15) is 16.7 Å². The van der Waals surface area contributed by atoms with Gasteiger partial charge < -0.3 is 0 Å². The maximum atomic E-state index is 13.1. The number of aryl methyl sites for hydroxylation is 3. The molecule has 0 aliphatic carbocycles. The van der Waals surface area contributed by atoms with Crippen LogP contribution in [0.2, 0.25) is 0 Å². The summed E-state index contributed by atoms with van der Waals surface area (Å²) in [4.78, 5) is 4.86. The van der Waals surface area contributed by atoms with Gasteiger partial charge >= 0.3 is 0 Å². The van der Waals surface area contributed by atoms with E-state index in [0.29, 0.717) is 11.5 Å². The zero-order valence-corrected chi connectivity index (χ0v) is 15.4. The van der Waals surface area contributed by atoms with Gasteiger partial charge in [-0.3, -0.25) is 4.40 Å². The minimum Gasteiger partial charge on any atom is -0.282 e. The van der Waals surface area contributed by atoms with Crippen molar-refractivity contribution in [3.05, 3.63) is 83.3 Å². The fraction of sp³-hybridized carbons (Fsp3) is 0.136. The van der Waals surface area contributed by atoms with E-state index in [4.69, 9.17) is 4.98 Å². The monoisotopic (exact) mass is 358 g/mol. The van der Waals surface area contributed by atoms with Gasteiger partial charge in [-0.25, -0.2) is 9.37 Å². The number of azo groups is 1. The Kier molecular flexibility index (Phi) is 4.28. The van der Waals surface area contributed by atoms with Crippen molar-refractivity contribution in [1.82, 2.24) is 9.38 Å². The van der Waals surface area contributed by atoms with E-state index < -0.39 is 0 Å². The Labute approximate surface area is 157 Å². The normalized spacial score (nSPS) is 11.6. The van der Waals surface area contributed by atoms with Crippen molar-refractivity contribution < 1.29 is 4.39 Å². The van der Waals surface area contributed by atoms with Crippen molar-refractivity contribution in [3.8, 4) is 11.3 Å². The van der Waals surface area contributed by atoms with Crippen molar-refractivity contribution in [3.63, 3.8) is 0 Å². The predicted molar refractivity (Wildman–Crippen MR) is 105 cm³/mol. The summed E-state index contributed by atoms with van der Waals surface area (Å²) in [6, 6.07) is 16.2. The molecule has 2 aromatic heterocycles. The Morgan fingerprint density at radius 2 is 1.67 bits per heavy atom. The summed E-state index contributed by atoms with van der Waals surface area (Å²) in [5, 5.41) is 8.79. The lowest BCUT2D eigenvalue weighted by molar-refractivity contribution is 0.628. The number of benzene rings is 2. The number of hydrogen-bond donors (Lipinski definition) is 0. The molecule has 0 atom stereocenters. The largest absolute Gasteiger partial charge is 0.282 e. The van der Waals surface area contributed by atoms with Crippen LogP contribution in [0.15, 0.2) is 71.0 Å². The van der Waals surface area contributed by atoms with Gasteiger partial charge in [-0.2, -0.15) is 0 Å². The van der Waals surface area contributed by atoms with E-state index in [1.54, 1.807) is 12.1 Å². The standard InChI is InChI=1S/C22H19FN4/c1-14-6-7-15(2)19(13-14)20-22(26-25-18-10-8-17(23)9-11-18)27-12-4-5-16(3)21(27)24-20/h4-13H,1-3H3. The van der Waals surface area contributed by atoms with Gasteiger partial charge in [-0.15, -0.1) is 10.2 Å². The van der Waals surface area contributed by atoms with E-state index in [-0.39, 0.29) is 5.82 Å². The summed E-state index contributed by atoms with van der Waals surface area (Å²) in [6.45, 7) is 6.15. The lowest BCUT2D eigenvalue weighted by atomic mass is 10.0. The quantitative estimate of drug-likeness (QED) is 0.386. The van der Waals surface area contributed by atoms with Gasteiger partial charge in [0.1, 0.15) is 17.2 Å². The fourth-order valence-electron chi connectivity index (χ4n) is 3.07. The number of rotatable bonds is 3. The Morgan fingerprint density at radius 3 is 2.44 bits per heavy atom. The highest BCUT2D eigenvalue weighted by Gasteiger charge is 2.17. The number of aromatic nitrogens is 2.